The van der Waals surface area contributed by atoms with Crippen molar-refractivity contribution in [1.29, 1.82) is 0 Å². The molecule has 1 amide bonds. The van der Waals surface area contributed by atoms with Crippen LogP contribution in [0.1, 0.15) is 34.8 Å². The van der Waals surface area contributed by atoms with Crippen molar-refractivity contribution in [1.82, 2.24) is 15.2 Å². The number of nitrogens with zero attached hydrogens (tertiary/aromatic N) is 2. The van der Waals surface area contributed by atoms with Gasteiger partial charge in [-0.1, -0.05) is 31.2 Å². The fourth-order valence-corrected chi connectivity index (χ4v) is 3.03. The molecule has 0 radical (unpaired) electrons. The Hall–Kier alpha value is -1.98. The Morgan fingerprint density at radius 3 is 2.58 bits per heavy atom. The second-order valence-electron chi connectivity index (χ2n) is 5.94. The Morgan fingerprint density at radius 2 is 2.04 bits per heavy atom. The molecule has 1 aromatic carbocycles. The first-order valence-electron chi connectivity index (χ1n) is 8.13. The first-order valence-corrected chi connectivity index (χ1v) is 9.01. The van der Waals surface area contributed by atoms with E-state index in [1.807, 2.05) is 26.4 Å². The standard InChI is InChI=1S/C19H25N3OS/c1-5-15-6-8-16(9-7-15)18(22(3)4)12-20-19(23)11-10-17-13-24-14(2)21-17/h6-11,13,18H,5,12H2,1-4H3,(H,20,23)/b11-10+/t18-/m1/s1. The highest BCUT2D eigenvalue weighted by atomic mass is 32.1. The first-order chi connectivity index (χ1) is 11.5. The summed E-state index contributed by atoms with van der Waals surface area (Å²) in [7, 11) is 4.05. The second-order valence-corrected chi connectivity index (χ2v) is 7.01. The van der Waals surface area contributed by atoms with E-state index in [0.717, 1.165) is 17.1 Å². The number of aryl methyl sites for hydroxylation is 2. The summed E-state index contributed by atoms with van der Waals surface area (Å²) in [5, 5.41) is 5.92. The molecule has 1 aromatic heterocycles. The number of nitrogens with one attached hydrogen (secondary N) is 1. The molecule has 2 rings (SSSR count). The minimum absolute atomic E-state index is 0.0994. The molecule has 1 atom stereocenters. The molecule has 1 N–H and O–H groups in total. The summed E-state index contributed by atoms with van der Waals surface area (Å²) >= 11 is 1.58. The highest BCUT2D eigenvalue weighted by molar-refractivity contribution is 7.09. The van der Waals surface area contributed by atoms with Gasteiger partial charge in [0.05, 0.1) is 16.7 Å². The van der Waals surface area contributed by atoms with Gasteiger partial charge in [-0.05, 0) is 44.6 Å². The molecule has 24 heavy (non-hydrogen) atoms. The van der Waals surface area contributed by atoms with Crippen LogP contribution in [0.5, 0.6) is 0 Å². The lowest BCUT2D eigenvalue weighted by atomic mass is 10.0. The summed E-state index contributed by atoms with van der Waals surface area (Å²) in [5.41, 5.74) is 3.35. The van der Waals surface area contributed by atoms with Crippen LogP contribution >= 0.6 is 11.3 Å². The van der Waals surface area contributed by atoms with Crippen LogP contribution in [0.2, 0.25) is 0 Å². The van der Waals surface area contributed by atoms with Gasteiger partial charge in [0, 0.05) is 18.0 Å². The molecule has 0 unspecified atom stereocenters. The molecule has 0 bridgehead atoms. The number of carbonyl (C=O) groups is 1. The summed E-state index contributed by atoms with van der Waals surface area (Å²) in [5.74, 6) is -0.0994. The largest absolute Gasteiger partial charge is 0.351 e. The van der Waals surface area contributed by atoms with Gasteiger partial charge in [0.25, 0.3) is 0 Å². The number of hydrogen-bond acceptors (Lipinski definition) is 4. The van der Waals surface area contributed by atoms with Crippen LogP contribution in [0.3, 0.4) is 0 Å². The lowest BCUT2D eigenvalue weighted by Gasteiger charge is -2.25. The number of amides is 1. The molecule has 0 aliphatic carbocycles. The fourth-order valence-electron chi connectivity index (χ4n) is 2.45. The minimum Gasteiger partial charge on any atom is -0.351 e. The smallest absolute Gasteiger partial charge is 0.244 e. The third kappa shape index (κ3) is 5.28. The zero-order chi connectivity index (χ0) is 17.5. The van der Waals surface area contributed by atoms with Gasteiger partial charge in [-0.3, -0.25) is 4.79 Å². The van der Waals surface area contributed by atoms with Crippen molar-refractivity contribution in [2.45, 2.75) is 26.3 Å². The van der Waals surface area contributed by atoms with Crippen LogP contribution < -0.4 is 5.32 Å². The topological polar surface area (TPSA) is 45.2 Å². The Morgan fingerprint density at radius 1 is 1.33 bits per heavy atom. The zero-order valence-corrected chi connectivity index (χ0v) is 15.6. The lowest BCUT2D eigenvalue weighted by molar-refractivity contribution is -0.116. The molecule has 2 aromatic rings. The van der Waals surface area contributed by atoms with Crippen molar-refractivity contribution in [3.05, 3.63) is 57.6 Å². The van der Waals surface area contributed by atoms with E-state index < -0.39 is 0 Å². The van der Waals surface area contributed by atoms with Crippen LogP contribution in [-0.2, 0) is 11.2 Å². The minimum atomic E-state index is -0.0994. The predicted molar refractivity (Wildman–Crippen MR) is 101 cm³/mol. The van der Waals surface area contributed by atoms with Gasteiger partial charge < -0.3 is 10.2 Å². The highest BCUT2D eigenvalue weighted by Crippen LogP contribution is 2.18. The number of aromatic nitrogens is 1. The molecule has 5 heteroatoms. The maximum Gasteiger partial charge on any atom is 0.244 e. The van der Waals surface area contributed by atoms with Crippen LogP contribution in [0.25, 0.3) is 6.08 Å². The number of hydrogen-bond donors (Lipinski definition) is 1. The molecule has 1 heterocycles. The monoisotopic (exact) mass is 343 g/mol. The van der Waals surface area contributed by atoms with Crippen LogP contribution in [-0.4, -0.2) is 36.4 Å². The Kier molecular flexibility index (Phi) is 6.70. The van der Waals surface area contributed by atoms with E-state index in [1.54, 1.807) is 23.5 Å². The van der Waals surface area contributed by atoms with Crippen LogP contribution in [0.4, 0.5) is 0 Å². The van der Waals surface area contributed by atoms with Gasteiger partial charge in [-0.2, -0.15) is 0 Å². The van der Waals surface area contributed by atoms with E-state index in [0.29, 0.717) is 6.54 Å². The van der Waals surface area contributed by atoms with Crippen molar-refractivity contribution in [2.24, 2.45) is 0 Å². The zero-order valence-electron chi connectivity index (χ0n) is 14.7. The van der Waals surface area contributed by atoms with Gasteiger partial charge in [-0.25, -0.2) is 4.98 Å². The van der Waals surface area contributed by atoms with Crippen molar-refractivity contribution in [2.75, 3.05) is 20.6 Å². The van der Waals surface area contributed by atoms with E-state index in [-0.39, 0.29) is 11.9 Å². The van der Waals surface area contributed by atoms with E-state index in [1.165, 1.54) is 11.1 Å². The Balaban J connectivity index is 1.95. The summed E-state index contributed by atoms with van der Waals surface area (Å²) in [6.07, 6.45) is 4.32. The average Bonchev–Trinajstić information content (AvgIpc) is 2.99. The third-order valence-electron chi connectivity index (χ3n) is 3.91. The number of rotatable bonds is 7. The molecule has 0 aliphatic rings. The molecule has 128 valence electrons. The maximum absolute atomic E-state index is 12.0. The van der Waals surface area contributed by atoms with Gasteiger partial charge >= 0.3 is 0 Å². The molecular formula is C19H25N3OS. The molecule has 0 aliphatic heterocycles. The summed E-state index contributed by atoms with van der Waals surface area (Å²) in [4.78, 5) is 18.5. The second kappa shape index (κ2) is 8.76. The lowest BCUT2D eigenvalue weighted by Crippen LogP contribution is -2.33. The van der Waals surface area contributed by atoms with Gasteiger partial charge in [0.1, 0.15) is 0 Å². The van der Waals surface area contributed by atoms with Gasteiger partial charge in [0.15, 0.2) is 0 Å². The molecule has 0 saturated carbocycles. The summed E-state index contributed by atoms with van der Waals surface area (Å²) < 4.78 is 0. The Bertz CT molecular complexity index is 689. The number of thiazole rings is 1. The highest BCUT2D eigenvalue weighted by Gasteiger charge is 2.14. The van der Waals surface area contributed by atoms with Crippen molar-refractivity contribution < 1.29 is 4.79 Å². The van der Waals surface area contributed by atoms with E-state index in [9.17, 15) is 4.79 Å². The van der Waals surface area contributed by atoms with Gasteiger partial charge in [-0.15, -0.1) is 11.3 Å². The number of benzene rings is 1. The van der Waals surface area contributed by atoms with Crippen molar-refractivity contribution in [3.63, 3.8) is 0 Å². The van der Waals surface area contributed by atoms with Crippen LogP contribution in [0.15, 0.2) is 35.7 Å². The van der Waals surface area contributed by atoms with E-state index in [4.69, 9.17) is 0 Å². The number of likely N-dealkylation sites (N-methyl/N-ethyl adjacent to an activating group) is 1. The first kappa shape index (κ1) is 18.4. The molecular weight excluding hydrogens is 318 g/mol. The van der Waals surface area contributed by atoms with E-state index >= 15 is 0 Å². The quantitative estimate of drug-likeness (QED) is 0.783. The van der Waals surface area contributed by atoms with Crippen LogP contribution in [0, 0.1) is 6.92 Å². The SMILES string of the molecule is CCc1ccc([C@@H](CNC(=O)/C=C/c2csc(C)n2)N(C)C)cc1. The molecule has 0 spiro atoms. The third-order valence-corrected chi connectivity index (χ3v) is 4.70. The van der Waals surface area contributed by atoms with E-state index in [2.05, 4.69) is 46.4 Å². The van der Waals surface area contributed by atoms with Crippen molar-refractivity contribution >= 4 is 23.3 Å². The average molecular weight is 343 g/mol. The summed E-state index contributed by atoms with van der Waals surface area (Å²) in [6.45, 7) is 4.67. The van der Waals surface area contributed by atoms with Gasteiger partial charge in [0.2, 0.25) is 5.91 Å². The summed E-state index contributed by atoms with van der Waals surface area (Å²) in [6, 6.07) is 8.73. The predicted octanol–water partition coefficient (Wildman–Crippen LogP) is 3.45. The normalized spacial score (nSPS) is 12.7. The fraction of sp³-hybridized carbons (Fsp3) is 0.368. The molecule has 0 fully saturated rings. The molecule has 4 nitrogen and oxygen atoms in total. The maximum atomic E-state index is 12.0. The Labute approximate surface area is 148 Å². The van der Waals surface area contributed by atoms with Crippen molar-refractivity contribution in [3.8, 4) is 0 Å². The number of carbonyl (C=O) groups excluding carboxylic acids is 1. The molecule has 0 saturated heterocycles.